The molecule has 0 bridgehead atoms. The van der Waals surface area contributed by atoms with Crippen LogP contribution in [0.1, 0.15) is 30.8 Å². The molecule has 0 aliphatic heterocycles. The van der Waals surface area contributed by atoms with Gasteiger partial charge in [0, 0.05) is 29.4 Å². The summed E-state index contributed by atoms with van der Waals surface area (Å²) in [6, 6.07) is 4.04. The van der Waals surface area contributed by atoms with E-state index in [1.165, 1.54) is 10.6 Å². The third-order valence-corrected chi connectivity index (χ3v) is 3.87. The van der Waals surface area contributed by atoms with E-state index in [2.05, 4.69) is 24.1 Å². The first-order valence-electron chi connectivity index (χ1n) is 6.44. The summed E-state index contributed by atoms with van der Waals surface area (Å²) < 4.78 is 0. The summed E-state index contributed by atoms with van der Waals surface area (Å²) in [5.74, 6) is 0. The summed E-state index contributed by atoms with van der Waals surface area (Å²) in [4.78, 5) is 10.2. The minimum atomic E-state index is 0.925. The second-order valence-corrected chi connectivity index (χ2v) is 5.24. The van der Waals surface area contributed by atoms with Gasteiger partial charge in [0.25, 0.3) is 0 Å². The Hall–Kier alpha value is -1.26. The molecule has 0 spiro atoms. The molecule has 0 aliphatic rings. The molecule has 2 heterocycles. The Kier molecular flexibility index (Phi) is 4.84. The number of aromatic nitrogens is 2. The van der Waals surface area contributed by atoms with Crippen molar-refractivity contribution >= 4 is 11.3 Å². The summed E-state index contributed by atoms with van der Waals surface area (Å²) in [5.41, 5.74) is 2.41. The van der Waals surface area contributed by atoms with Crippen molar-refractivity contribution in [3.63, 3.8) is 0 Å². The predicted octanol–water partition coefficient (Wildman–Crippen LogP) is 3.27. The minimum Gasteiger partial charge on any atom is -0.312 e. The van der Waals surface area contributed by atoms with Crippen LogP contribution < -0.4 is 5.32 Å². The molecule has 0 atom stereocenters. The van der Waals surface area contributed by atoms with Gasteiger partial charge in [0.2, 0.25) is 0 Å². The Labute approximate surface area is 112 Å². The normalized spacial score (nSPS) is 10.8. The highest BCUT2D eigenvalue weighted by atomic mass is 32.1. The molecule has 18 heavy (non-hydrogen) atoms. The smallest absolute Gasteiger partial charge is 0.124 e. The van der Waals surface area contributed by atoms with Crippen molar-refractivity contribution in [1.82, 2.24) is 15.3 Å². The fourth-order valence-corrected chi connectivity index (χ4v) is 2.89. The number of aryl methyl sites for hydroxylation is 1. The summed E-state index contributed by atoms with van der Waals surface area (Å²) in [6.45, 7) is 6.25. The maximum Gasteiger partial charge on any atom is 0.124 e. The van der Waals surface area contributed by atoms with E-state index in [0.717, 1.165) is 36.5 Å². The molecule has 0 amide bonds. The Bertz CT molecular complexity index is 479. The van der Waals surface area contributed by atoms with E-state index in [-0.39, 0.29) is 0 Å². The standard InChI is InChI=1S/C14H19N3S/c1-3-5-12-13(10-15-4-2)18-14(17-12)11-6-8-16-9-7-11/h6-9,15H,3-5,10H2,1-2H3. The highest BCUT2D eigenvalue weighted by molar-refractivity contribution is 7.15. The van der Waals surface area contributed by atoms with Crippen LogP contribution in [0.25, 0.3) is 10.6 Å². The second-order valence-electron chi connectivity index (χ2n) is 4.16. The van der Waals surface area contributed by atoms with Gasteiger partial charge < -0.3 is 5.32 Å². The van der Waals surface area contributed by atoms with Gasteiger partial charge in [-0.25, -0.2) is 4.98 Å². The van der Waals surface area contributed by atoms with Crippen LogP contribution >= 0.6 is 11.3 Å². The highest BCUT2D eigenvalue weighted by Gasteiger charge is 2.11. The zero-order valence-corrected chi connectivity index (χ0v) is 11.8. The molecular weight excluding hydrogens is 242 g/mol. The highest BCUT2D eigenvalue weighted by Crippen LogP contribution is 2.28. The van der Waals surface area contributed by atoms with Gasteiger partial charge in [-0.15, -0.1) is 11.3 Å². The number of hydrogen-bond donors (Lipinski definition) is 1. The molecule has 0 radical (unpaired) electrons. The average Bonchev–Trinajstić information content (AvgIpc) is 2.81. The summed E-state index contributed by atoms with van der Waals surface area (Å²) in [6.07, 6.45) is 5.83. The fraction of sp³-hybridized carbons (Fsp3) is 0.429. The number of nitrogens with one attached hydrogen (secondary N) is 1. The van der Waals surface area contributed by atoms with Gasteiger partial charge in [-0.3, -0.25) is 4.98 Å². The van der Waals surface area contributed by atoms with Crippen molar-refractivity contribution in [3.05, 3.63) is 35.1 Å². The molecule has 2 aromatic heterocycles. The van der Waals surface area contributed by atoms with E-state index in [0.29, 0.717) is 0 Å². The summed E-state index contributed by atoms with van der Waals surface area (Å²) >= 11 is 1.79. The lowest BCUT2D eigenvalue weighted by Crippen LogP contribution is -2.11. The van der Waals surface area contributed by atoms with Crippen LogP contribution in [0.5, 0.6) is 0 Å². The minimum absolute atomic E-state index is 0.925. The van der Waals surface area contributed by atoms with Crippen molar-refractivity contribution in [2.75, 3.05) is 6.54 Å². The molecule has 96 valence electrons. The third kappa shape index (κ3) is 3.15. The van der Waals surface area contributed by atoms with Crippen LogP contribution in [0.15, 0.2) is 24.5 Å². The van der Waals surface area contributed by atoms with Gasteiger partial charge in [-0.1, -0.05) is 20.3 Å². The quantitative estimate of drug-likeness (QED) is 0.867. The number of hydrogen-bond acceptors (Lipinski definition) is 4. The van der Waals surface area contributed by atoms with E-state index in [1.807, 2.05) is 24.5 Å². The zero-order chi connectivity index (χ0) is 12.8. The number of nitrogens with zero attached hydrogens (tertiary/aromatic N) is 2. The molecule has 0 saturated heterocycles. The van der Waals surface area contributed by atoms with Gasteiger partial charge in [0.05, 0.1) is 5.69 Å². The van der Waals surface area contributed by atoms with Crippen LogP contribution in [-0.4, -0.2) is 16.5 Å². The van der Waals surface area contributed by atoms with E-state index in [4.69, 9.17) is 4.98 Å². The lowest BCUT2D eigenvalue weighted by atomic mass is 10.2. The van der Waals surface area contributed by atoms with Crippen molar-refractivity contribution in [2.24, 2.45) is 0 Å². The van der Waals surface area contributed by atoms with Gasteiger partial charge in [-0.2, -0.15) is 0 Å². The number of rotatable bonds is 6. The molecular formula is C14H19N3S. The average molecular weight is 261 g/mol. The maximum atomic E-state index is 4.77. The molecule has 0 saturated carbocycles. The van der Waals surface area contributed by atoms with Gasteiger partial charge in [0.15, 0.2) is 0 Å². The Morgan fingerprint density at radius 1 is 1.22 bits per heavy atom. The Morgan fingerprint density at radius 2 is 2.00 bits per heavy atom. The van der Waals surface area contributed by atoms with E-state index in [1.54, 1.807) is 11.3 Å². The first-order chi connectivity index (χ1) is 8.85. The molecule has 0 aromatic carbocycles. The fourth-order valence-electron chi connectivity index (χ4n) is 1.81. The first kappa shape index (κ1) is 13.2. The van der Waals surface area contributed by atoms with Crippen LogP contribution in [0.4, 0.5) is 0 Å². The topological polar surface area (TPSA) is 37.8 Å². The van der Waals surface area contributed by atoms with Crippen molar-refractivity contribution in [2.45, 2.75) is 33.2 Å². The maximum absolute atomic E-state index is 4.77. The number of thiazole rings is 1. The van der Waals surface area contributed by atoms with E-state index < -0.39 is 0 Å². The molecule has 4 heteroatoms. The number of pyridine rings is 1. The lowest BCUT2D eigenvalue weighted by molar-refractivity contribution is 0.723. The van der Waals surface area contributed by atoms with E-state index >= 15 is 0 Å². The lowest BCUT2D eigenvalue weighted by Gasteiger charge is -2.00. The monoisotopic (exact) mass is 261 g/mol. The van der Waals surface area contributed by atoms with Crippen molar-refractivity contribution in [3.8, 4) is 10.6 Å². The van der Waals surface area contributed by atoms with Crippen LogP contribution in [0.3, 0.4) is 0 Å². The van der Waals surface area contributed by atoms with Gasteiger partial charge in [0.1, 0.15) is 5.01 Å². The Balaban J connectivity index is 2.27. The van der Waals surface area contributed by atoms with Gasteiger partial charge in [-0.05, 0) is 25.1 Å². The molecule has 1 N–H and O–H groups in total. The van der Waals surface area contributed by atoms with Crippen molar-refractivity contribution in [1.29, 1.82) is 0 Å². The Morgan fingerprint density at radius 3 is 2.67 bits per heavy atom. The van der Waals surface area contributed by atoms with E-state index in [9.17, 15) is 0 Å². The molecule has 3 nitrogen and oxygen atoms in total. The second kappa shape index (κ2) is 6.61. The molecule has 0 unspecified atom stereocenters. The first-order valence-corrected chi connectivity index (χ1v) is 7.26. The third-order valence-electron chi connectivity index (χ3n) is 2.73. The SMILES string of the molecule is CCCc1nc(-c2ccncc2)sc1CNCC. The largest absolute Gasteiger partial charge is 0.312 e. The molecule has 2 rings (SSSR count). The zero-order valence-electron chi connectivity index (χ0n) is 10.9. The van der Waals surface area contributed by atoms with Crippen LogP contribution in [-0.2, 0) is 13.0 Å². The van der Waals surface area contributed by atoms with Crippen molar-refractivity contribution < 1.29 is 0 Å². The summed E-state index contributed by atoms with van der Waals surface area (Å²) in [7, 11) is 0. The molecule has 0 fully saturated rings. The van der Waals surface area contributed by atoms with Crippen LogP contribution in [0, 0.1) is 0 Å². The van der Waals surface area contributed by atoms with Crippen LogP contribution in [0.2, 0.25) is 0 Å². The molecule has 2 aromatic rings. The molecule has 0 aliphatic carbocycles. The van der Waals surface area contributed by atoms with Gasteiger partial charge >= 0.3 is 0 Å². The summed E-state index contributed by atoms with van der Waals surface area (Å²) in [5, 5.41) is 4.49. The predicted molar refractivity (Wildman–Crippen MR) is 76.7 cm³/mol.